The fraction of sp³-hybridized carbons (Fsp3) is 0.0909. The van der Waals surface area contributed by atoms with Crippen LogP contribution in [0.5, 0.6) is 0 Å². The summed E-state index contributed by atoms with van der Waals surface area (Å²) in [4.78, 5) is 22.7. The van der Waals surface area contributed by atoms with Gasteiger partial charge in [-0.15, -0.1) is 5.10 Å². The number of anilines is 1. The third-order valence-corrected chi connectivity index (χ3v) is 2.63. The Kier molecular flexibility index (Phi) is 3.48. The highest BCUT2D eigenvalue weighted by atomic mass is 35.5. The number of carboxylic acids is 1. The summed E-state index contributed by atoms with van der Waals surface area (Å²) < 4.78 is 1.38. The standard InChI is InChI=1S/C11H9ClN4O3/c1-16-5-9(14-15-16)10(17)13-8-4-6(11(18)19)2-3-7(8)12/h2-5H,1H3,(H,13,17)(H,18,19). The first-order chi connectivity index (χ1) is 8.97. The molecule has 0 aliphatic rings. The minimum absolute atomic E-state index is 0.0267. The molecule has 2 N–H and O–H groups in total. The van der Waals surface area contributed by atoms with E-state index >= 15 is 0 Å². The highest BCUT2D eigenvalue weighted by molar-refractivity contribution is 6.34. The quantitative estimate of drug-likeness (QED) is 0.886. The van der Waals surface area contributed by atoms with E-state index in [1.54, 1.807) is 7.05 Å². The summed E-state index contributed by atoms with van der Waals surface area (Å²) in [5, 5.41) is 18.9. The van der Waals surface area contributed by atoms with Crippen molar-refractivity contribution in [1.82, 2.24) is 15.0 Å². The number of amides is 1. The smallest absolute Gasteiger partial charge is 0.335 e. The zero-order chi connectivity index (χ0) is 14.0. The van der Waals surface area contributed by atoms with E-state index in [4.69, 9.17) is 16.7 Å². The van der Waals surface area contributed by atoms with Gasteiger partial charge >= 0.3 is 5.97 Å². The summed E-state index contributed by atoms with van der Waals surface area (Å²) in [5.41, 5.74) is 0.343. The molecule has 0 aliphatic carbocycles. The molecule has 1 amide bonds. The SMILES string of the molecule is Cn1cc(C(=O)Nc2cc(C(=O)O)ccc2Cl)nn1. The van der Waals surface area contributed by atoms with E-state index in [0.29, 0.717) is 0 Å². The van der Waals surface area contributed by atoms with Gasteiger partial charge < -0.3 is 10.4 Å². The number of hydrogen-bond acceptors (Lipinski definition) is 4. The average molecular weight is 281 g/mol. The number of rotatable bonds is 3. The molecule has 0 atom stereocenters. The lowest BCUT2D eigenvalue weighted by Crippen LogP contribution is -2.13. The van der Waals surface area contributed by atoms with Crippen LogP contribution in [-0.4, -0.2) is 32.0 Å². The van der Waals surface area contributed by atoms with E-state index < -0.39 is 11.9 Å². The molecule has 1 heterocycles. The van der Waals surface area contributed by atoms with E-state index in [-0.39, 0.29) is 22.0 Å². The van der Waals surface area contributed by atoms with Crippen molar-refractivity contribution < 1.29 is 14.7 Å². The Morgan fingerprint density at radius 1 is 1.42 bits per heavy atom. The van der Waals surface area contributed by atoms with Crippen LogP contribution in [0.15, 0.2) is 24.4 Å². The van der Waals surface area contributed by atoms with Gasteiger partial charge in [0.1, 0.15) is 0 Å². The summed E-state index contributed by atoms with van der Waals surface area (Å²) in [6.07, 6.45) is 1.43. The van der Waals surface area contributed by atoms with Crippen LogP contribution in [0.1, 0.15) is 20.8 Å². The van der Waals surface area contributed by atoms with Gasteiger partial charge in [-0.25, -0.2) is 4.79 Å². The highest BCUT2D eigenvalue weighted by Gasteiger charge is 2.13. The minimum Gasteiger partial charge on any atom is -0.478 e. The molecule has 7 nitrogen and oxygen atoms in total. The van der Waals surface area contributed by atoms with Crippen molar-refractivity contribution in [3.63, 3.8) is 0 Å². The Bertz CT molecular complexity index is 653. The maximum atomic E-state index is 11.8. The number of hydrogen-bond donors (Lipinski definition) is 2. The molecule has 0 saturated heterocycles. The molecule has 0 saturated carbocycles. The average Bonchev–Trinajstić information content (AvgIpc) is 2.78. The summed E-state index contributed by atoms with van der Waals surface area (Å²) in [7, 11) is 1.63. The maximum Gasteiger partial charge on any atom is 0.335 e. The number of carboxylic acid groups (broad SMARTS) is 1. The monoisotopic (exact) mass is 280 g/mol. The minimum atomic E-state index is -1.10. The van der Waals surface area contributed by atoms with Gasteiger partial charge in [0.15, 0.2) is 5.69 Å². The molecule has 0 radical (unpaired) electrons. The first-order valence-electron chi connectivity index (χ1n) is 5.18. The summed E-state index contributed by atoms with van der Waals surface area (Å²) in [6, 6.07) is 4.03. The second-order valence-corrected chi connectivity index (χ2v) is 4.14. The molecule has 0 unspecified atom stereocenters. The van der Waals surface area contributed by atoms with Crippen LogP contribution >= 0.6 is 11.6 Å². The van der Waals surface area contributed by atoms with E-state index in [1.165, 1.54) is 29.1 Å². The van der Waals surface area contributed by atoms with Crippen LogP contribution in [0.4, 0.5) is 5.69 Å². The Morgan fingerprint density at radius 2 is 2.16 bits per heavy atom. The number of carbonyl (C=O) groups is 2. The Morgan fingerprint density at radius 3 is 2.74 bits per heavy atom. The highest BCUT2D eigenvalue weighted by Crippen LogP contribution is 2.23. The molecule has 0 bridgehead atoms. The lowest BCUT2D eigenvalue weighted by atomic mass is 10.2. The fourth-order valence-electron chi connectivity index (χ4n) is 1.39. The number of nitrogens with zero attached hydrogens (tertiary/aromatic N) is 3. The van der Waals surface area contributed by atoms with E-state index in [1.807, 2.05) is 0 Å². The van der Waals surface area contributed by atoms with Gasteiger partial charge in [-0.05, 0) is 18.2 Å². The zero-order valence-electron chi connectivity index (χ0n) is 9.79. The Hall–Kier alpha value is -2.41. The van der Waals surface area contributed by atoms with Gasteiger partial charge in [0, 0.05) is 7.05 Å². The molecule has 19 heavy (non-hydrogen) atoms. The van der Waals surface area contributed by atoms with Crippen LogP contribution < -0.4 is 5.32 Å². The number of nitrogens with one attached hydrogen (secondary N) is 1. The molecule has 8 heteroatoms. The molecule has 0 aliphatic heterocycles. The normalized spacial score (nSPS) is 10.2. The summed E-state index contributed by atoms with van der Waals surface area (Å²) >= 11 is 5.89. The molecule has 1 aromatic heterocycles. The predicted octanol–water partition coefficient (Wildman–Crippen LogP) is 1.42. The molecule has 98 valence electrons. The van der Waals surface area contributed by atoms with E-state index in [2.05, 4.69) is 15.6 Å². The zero-order valence-corrected chi connectivity index (χ0v) is 10.5. The molecule has 0 fully saturated rings. The van der Waals surface area contributed by atoms with Crippen molar-refractivity contribution in [3.8, 4) is 0 Å². The summed E-state index contributed by atoms with van der Waals surface area (Å²) in [5.74, 6) is -1.62. The lowest BCUT2D eigenvalue weighted by molar-refractivity contribution is 0.0696. The fourth-order valence-corrected chi connectivity index (χ4v) is 1.56. The first kappa shape index (κ1) is 13.0. The van der Waals surface area contributed by atoms with Crippen molar-refractivity contribution in [2.45, 2.75) is 0 Å². The van der Waals surface area contributed by atoms with Gasteiger partial charge in [0.25, 0.3) is 5.91 Å². The third kappa shape index (κ3) is 2.89. The van der Waals surface area contributed by atoms with Crippen molar-refractivity contribution in [2.24, 2.45) is 7.05 Å². The largest absolute Gasteiger partial charge is 0.478 e. The molecule has 1 aromatic carbocycles. The Balaban J connectivity index is 2.25. The molecule has 2 rings (SSSR count). The molecular weight excluding hydrogens is 272 g/mol. The van der Waals surface area contributed by atoms with Gasteiger partial charge in [-0.3, -0.25) is 9.48 Å². The van der Waals surface area contributed by atoms with Crippen LogP contribution in [0, 0.1) is 0 Å². The van der Waals surface area contributed by atoms with Crippen LogP contribution in [0.3, 0.4) is 0 Å². The first-order valence-corrected chi connectivity index (χ1v) is 5.55. The topological polar surface area (TPSA) is 97.1 Å². The lowest BCUT2D eigenvalue weighted by Gasteiger charge is -2.06. The van der Waals surface area contributed by atoms with E-state index in [9.17, 15) is 9.59 Å². The van der Waals surface area contributed by atoms with Gasteiger partial charge in [0.2, 0.25) is 0 Å². The number of aromatic nitrogens is 3. The number of aromatic carboxylic acids is 1. The molecule has 2 aromatic rings. The van der Waals surface area contributed by atoms with Gasteiger partial charge in [-0.1, -0.05) is 16.8 Å². The van der Waals surface area contributed by atoms with Crippen molar-refractivity contribution in [2.75, 3.05) is 5.32 Å². The predicted molar refractivity (Wildman–Crippen MR) is 67.4 cm³/mol. The number of aryl methyl sites for hydroxylation is 1. The third-order valence-electron chi connectivity index (χ3n) is 2.30. The summed E-state index contributed by atoms with van der Waals surface area (Å²) in [6.45, 7) is 0. The van der Waals surface area contributed by atoms with Gasteiger partial charge in [-0.2, -0.15) is 0 Å². The second kappa shape index (κ2) is 5.07. The van der Waals surface area contributed by atoms with E-state index in [0.717, 1.165) is 0 Å². The maximum absolute atomic E-state index is 11.8. The van der Waals surface area contributed by atoms with Gasteiger partial charge in [0.05, 0.1) is 22.5 Å². The molecular formula is C11H9ClN4O3. The van der Waals surface area contributed by atoms with Crippen molar-refractivity contribution in [1.29, 1.82) is 0 Å². The molecule has 0 spiro atoms. The van der Waals surface area contributed by atoms with Crippen LogP contribution in [0.25, 0.3) is 0 Å². The van der Waals surface area contributed by atoms with Crippen LogP contribution in [-0.2, 0) is 7.05 Å². The Labute approximate surface area is 112 Å². The second-order valence-electron chi connectivity index (χ2n) is 3.73. The van der Waals surface area contributed by atoms with Crippen molar-refractivity contribution in [3.05, 3.63) is 40.7 Å². The van der Waals surface area contributed by atoms with Crippen molar-refractivity contribution >= 4 is 29.2 Å². The number of halogens is 1. The van der Waals surface area contributed by atoms with Crippen LogP contribution in [0.2, 0.25) is 5.02 Å². The number of carbonyl (C=O) groups excluding carboxylic acids is 1. The number of benzene rings is 1.